The van der Waals surface area contributed by atoms with Crippen molar-refractivity contribution in [3.05, 3.63) is 121 Å². The molecule has 7 nitrogen and oxygen atoms in total. The van der Waals surface area contributed by atoms with Crippen molar-refractivity contribution >= 4 is 16.5 Å². The highest BCUT2D eigenvalue weighted by Gasteiger charge is 2.32. The van der Waals surface area contributed by atoms with Crippen molar-refractivity contribution in [2.24, 2.45) is 0 Å². The molecule has 0 aromatic heterocycles. The minimum atomic E-state index is -2.92. The second-order valence-corrected chi connectivity index (χ2v) is 9.82. The minimum absolute atomic E-state index is 0.0680. The molecule has 0 aliphatic carbocycles. The van der Waals surface area contributed by atoms with Crippen molar-refractivity contribution in [1.82, 2.24) is 0 Å². The van der Waals surface area contributed by atoms with Crippen molar-refractivity contribution in [2.45, 2.75) is 0 Å². The second-order valence-electron chi connectivity index (χ2n) is 8.22. The minimum Gasteiger partial charge on any atom is -0.506 e. The van der Waals surface area contributed by atoms with Crippen molar-refractivity contribution < 1.29 is 33.4 Å². The van der Waals surface area contributed by atoms with Crippen molar-refractivity contribution in [3.63, 3.8) is 0 Å². The van der Waals surface area contributed by atoms with Crippen LogP contribution in [0.3, 0.4) is 0 Å². The molecular formula is C30H24O7P2+2. The molecule has 9 heteroatoms. The maximum Gasteiger partial charge on any atom is 0.745 e. The largest absolute Gasteiger partial charge is 0.745 e. The summed E-state index contributed by atoms with van der Waals surface area (Å²) in [5.74, 6) is 0.136. The Morgan fingerprint density at radius 1 is 0.410 bits per heavy atom. The second kappa shape index (κ2) is 13.0. The first-order valence-corrected chi connectivity index (χ1v) is 14.0. The standard InChI is InChI=1S/C30H22O2.O5P2/c31-29-26(22-15-7-2-8-16-22)25(21-13-5-1-6-14-21)27(23-17-9-3-10-18-23)30(32)28(29)24-19-11-4-12-20-24;1-6(2)5-7(3)4/h1-20,31-32H;/p+2. The Labute approximate surface area is 227 Å². The Hall–Kier alpha value is -4.22. The van der Waals surface area contributed by atoms with Crippen molar-refractivity contribution in [1.29, 1.82) is 0 Å². The molecule has 39 heavy (non-hydrogen) atoms. The van der Waals surface area contributed by atoms with E-state index in [2.05, 4.69) is 4.31 Å². The van der Waals surface area contributed by atoms with E-state index in [0.717, 1.165) is 27.8 Å². The van der Waals surface area contributed by atoms with Crippen LogP contribution in [-0.2, 0) is 13.4 Å². The summed E-state index contributed by atoms with van der Waals surface area (Å²) in [6.07, 6.45) is 0. The highest BCUT2D eigenvalue weighted by atomic mass is 31.2. The van der Waals surface area contributed by atoms with Crippen molar-refractivity contribution in [2.75, 3.05) is 0 Å². The molecule has 5 rings (SSSR count). The third-order valence-corrected chi connectivity index (χ3v) is 6.95. The number of phenolic OH excluding ortho intramolecular Hbond substituents is 2. The van der Waals surface area contributed by atoms with Crippen LogP contribution in [0.1, 0.15) is 0 Å². The Morgan fingerprint density at radius 2 is 0.667 bits per heavy atom. The van der Waals surface area contributed by atoms with E-state index in [9.17, 15) is 19.3 Å². The average molecular weight is 558 g/mol. The van der Waals surface area contributed by atoms with Gasteiger partial charge in [-0.15, -0.1) is 9.79 Å². The Morgan fingerprint density at radius 3 is 0.923 bits per heavy atom. The van der Waals surface area contributed by atoms with Gasteiger partial charge >= 0.3 is 16.5 Å². The third kappa shape index (κ3) is 6.62. The predicted octanol–water partition coefficient (Wildman–Crippen LogP) is 8.07. The zero-order valence-electron chi connectivity index (χ0n) is 20.5. The SMILES string of the molecule is O=[P+](O)O[P+](=O)O.Oc1c(-c2ccccc2)c(O)c(-c2ccccc2)c(-c2ccccc2)c1-c1ccccc1. The molecule has 0 saturated carbocycles. The van der Waals surface area contributed by atoms with Crippen molar-refractivity contribution in [3.8, 4) is 56.0 Å². The van der Waals surface area contributed by atoms with Gasteiger partial charge in [0.2, 0.25) is 0 Å². The first kappa shape index (κ1) is 27.8. The van der Waals surface area contributed by atoms with Gasteiger partial charge in [-0.1, -0.05) is 121 Å². The number of hydrogen-bond donors (Lipinski definition) is 4. The lowest BCUT2D eigenvalue weighted by atomic mass is 9.83. The molecule has 0 amide bonds. The number of benzene rings is 5. The van der Waals surface area contributed by atoms with E-state index in [1.807, 2.05) is 121 Å². The molecule has 0 saturated heterocycles. The topological polar surface area (TPSA) is 124 Å². The molecule has 2 unspecified atom stereocenters. The van der Waals surface area contributed by atoms with Gasteiger partial charge in [0.25, 0.3) is 0 Å². The summed E-state index contributed by atoms with van der Waals surface area (Å²) in [5.41, 5.74) is 6.10. The summed E-state index contributed by atoms with van der Waals surface area (Å²) in [4.78, 5) is 15.3. The molecule has 5 aromatic carbocycles. The lowest BCUT2D eigenvalue weighted by Gasteiger charge is -2.23. The fraction of sp³-hybridized carbons (Fsp3) is 0. The van der Waals surface area contributed by atoms with Gasteiger partial charge in [-0.25, -0.2) is 0 Å². The van der Waals surface area contributed by atoms with Gasteiger partial charge in [0.1, 0.15) is 11.5 Å². The molecule has 5 aromatic rings. The lowest BCUT2D eigenvalue weighted by Crippen LogP contribution is -1.95. The summed E-state index contributed by atoms with van der Waals surface area (Å²) in [5, 5.41) is 23.3. The molecule has 0 spiro atoms. The molecule has 0 radical (unpaired) electrons. The van der Waals surface area contributed by atoms with Gasteiger partial charge < -0.3 is 10.2 Å². The van der Waals surface area contributed by atoms with Crippen LogP contribution >= 0.6 is 16.5 Å². The maximum atomic E-state index is 11.6. The average Bonchev–Trinajstić information content (AvgIpc) is 2.94. The van der Waals surface area contributed by atoms with Gasteiger partial charge in [-0.2, -0.15) is 0 Å². The summed E-state index contributed by atoms with van der Waals surface area (Å²) >= 11 is 0. The highest BCUT2D eigenvalue weighted by molar-refractivity contribution is 7.46. The molecule has 194 valence electrons. The molecule has 4 N–H and O–H groups in total. The van der Waals surface area contributed by atoms with E-state index < -0.39 is 16.5 Å². The van der Waals surface area contributed by atoms with E-state index in [1.54, 1.807) is 0 Å². The summed E-state index contributed by atoms with van der Waals surface area (Å²) in [6.45, 7) is 0. The molecule has 0 heterocycles. The normalized spacial score (nSPS) is 11.2. The predicted molar refractivity (Wildman–Crippen MR) is 152 cm³/mol. The van der Waals surface area contributed by atoms with E-state index in [0.29, 0.717) is 16.7 Å². The zero-order valence-corrected chi connectivity index (χ0v) is 22.2. The number of hydrogen-bond acceptors (Lipinski definition) is 5. The van der Waals surface area contributed by atoms with E-state index >= 15 is 0 Å². The van der Waals surface area contributed by atoms with Crippen LogP contribution in [0.4, 0.5) is 0 Å². The van der Waals surface area contributed by atoms with Crippen LogP contribution in [0.5, 0.6) is 11.5 Å². The van der Waals surface area contributed by atoms with Crippen LogP contribution in [0.15, 0.2) is 121 Å². The van der Waals surface area contributed by atoms with Crippen LogP contribution < -0.4 is 0 Å². The maximum absolute atomic E-state index is 11.6. The Bertz CT molecular complexity index is 1500. The van der Waals surface area contributed by atoms with Crippen LogP contribution in [0, 0.1) is 0 Å². The molecular weight excluding hydrogens is 534 g/mol. The van der Waals surface area contributed by atoms with Gasteiger partial charge in [-0.3, -0.25) is 0 Å². The molecule has 2 atom stereocenters. The van der Waals surface area contributed by atoms with E-state index in [4.69, 9.17) is 9.79 Å². The van der Waals surface area contributed by atoms with Gasteiger partial charge in [-0.05, 0) is 22.3 Å². The van der Waals surface area contributed by atoms with Gasteiger partial charge in [0.05, 0.1) is 5.56 Å². The van der Waals surface area contributed by atoms with E-state index in [-0.39, 0.29) is 11.5 Å². The Kier molecular flexibility index (Phi) is 9.29. The number of rotatable bonds is 6. The Balaban J connectivity index is 0.000000448. The molecule has 0 bridgehead atoms. The molecule has 0 aliphatic heterocycles. The summed E-state index contributed by atoms with van der Waals surface area (Å²) < 4.78 is 22.2. The highest BCUT2D eigenvalue weighted by Crippen LogP contribution is 2.55. The monoisotopic (exact) mass is 558 g/mol. The fourth-order valence-electron chi connectivity index (χ4n) is 4.33. The fourth-order valence-corrected chi connectivity index (χ4v) is 4.81. The molecule has 0 aliphatic rings. The molecule has 0 fully saturated rings. The summed E-state index contributed by atoms with van der Waals surface area (Å²) in [7, 11) is -5.85. The van der Waals surface area contributed by atoms with Crippen LogP contribution in [-0.4, -0.2) is 20.0 Å². The quantitative estimate of drug-likeness (QED) is 0.155. The first-order chi connectivity index (χ1) is 18.9. The number of phenols is 2. The van der Waals surface area contributed by atoms with Gasteiger partial charge in [0, 0.05) is 25.8 Å². The van der Waals surface area contributed by atoms with E-state index in [1.165, 1.54) is 0 Å². The lowest BCUT2D eigenvalue weighted by molar-refractivity contribution is 0.371. The third-order valence-electron chi connectivity index (χ3n) is 5.84. The van der Waals surface area contributed by atoms with Gasteiger partial charge in [0.15, 0.2) is 4.31 Å². The number of aromatic hydroxyl groups is 2. The summed E-state index contributed by atoms with van der Waals surface area (Å²) in [6, 6.07) is 39.2. The smallest absolute Gasteiger partial charge is 0.506 e. The van der Waals surface area contributed by atoms with Crippen LogP contribution in [0.2, 0.25) is 0 Å². The zero-order chi connectivity index (χ0) is 27.8. The van der Waals surface area contributed by atoms with Crippen LogP contribution in [0.25, 0.3) is 44.5 Å². The first-order valence-electron chi connectivity index (χ1n) is 11.7.